The molecule has 34 heavy (non-hydrogen) atoms. The third-order valence-electron chi connectivity index (χ3n) is 6.00. The molecule has 9 heteroatoms. The molecule has 0 amide bonds. The zero-order valence-electron chi connectivity index (χ0n) is 19.1. The van der Waals surface area contributed by atoms with Crippen molar-refractivity contribution in [2.24, 2.45) is 14.1 Å². The van der Waals surface area contributed by atoms with Crippen LogP contribution >= 0.6 is 0 Å². The second-order valence-electron chi connectivity index (χ2n) is 8.15. The zero-order chi connectivity index (χ0) is 23.8. The summed E-state index contributed by atoms with van der Waals surface area (Å²) in [4.78, 5) is 29.2. The number of benzene rings is 3. The van der Waals surface area contributed by atoms with Crippen LogP contribution in [0.3, 0.4) is 0 Å². The zero-order valence-corrected chi connectivity index (χ0v) is 19.1. The number of H-pyrrole nitrogens is 2. The highest BCUT2D eigenvalue weighted by atomic mass is 16.5. The fourth-order valence-electron chi connectivity index (χ4n) is 4.16. The summed E-state index contributed by atoms with van der Waals surface area (Å²) in [5, 5.41) is 3.38. The number of nitrogens with one attached hydrogen (secondary N) is 3. The van der Waals surface area contributed by atoms with Crippen LogP contribution in [0.2, 0.25) is 0 Å². The van der Waals surface area contributed by atoms with Gasteiger partial charge in [-0.25, -0.2) is 9.59 Å². The van der Waals surface area contributed by atoms with E-state index >= 15 is 0 Å². The van der Waals surface area contributed by atoms with Crippen molar-refractivity contribution in [3.05, 3.63) is 86.7 Å². The molecule has 9 nitrogen and oxygen atoms in total. The number of anilines is 1. The number of nitrogens with zero attached hydrogens (tertiary/aromatic N) is 2. The van der Waals surface area contributed by atoms with E-state index < -0.39 is 0 Å². The van der Waals surface area contributed by atoms with E-state index in [1.165, 1.54) is 0 Å². The van der Waals surface area contributed by atoms with Crippen molar-refractivity contribution in [3.8, 4) is 11.5 Å². The van der Waals surface area contributed by atoms with Crippen molar-refractivity contribution in [2.45, 2.75) is 13.2 Å². The second kappa shape index (κ2) is 8.51. The smallest absolute Gasteiger partial charge is 0.328 e. The fourth-order valence-corrected chi connectivity index (χ4v) is 4.16. The number of aromatic nitrogens is 4. The number of aromatic amines is 2. The van der Waals surface area contributed by atoms with E-state index in [-0.39, 0.29) is 11.4 Å². The van der Waals surface area contributed by atoms with Crippen molar-refractivity contribution in [1.29, 1.82) is 0 Å². The minimum absolute atomic E-state index is 0.0620. The second-order valence-corrected chi connectivity index (χ2v) is 8.15. The lowest BCUT2D eigenvalue weighted by atomic mass is 10.1. The van der Waals surface area contributed by atoms with Crippen LogP contribution in [0.25, 0.3) is 22.1 Å². The average molecular weight is 460 g/mol. The molecule has 0 aliphatic rings. The van der Waals surface area contributed by atoms with Gasteiger partial charge in [0.05, 0.1) is 29.2 Å². The number of ether oxygens (including phenoxy) is 2. The van der Waals surface area contributed by atoms with Gasteiger partial charge < -0.3 is 24.8 Å². The minimum atomic E-state index is -0.232. The molecule has 0 bridgehead atoms. The normalized spacial score (nSPS) is 11.3. The Balaban J connectivity index is 1.38. The predicted octanol–water partition coefficient (Wildman–Crippen LogP) is 3.25. The summed E-state index contributed by atoms with van der Waals surface area (Å²) in [6.45, 7) is 0.821. The van der Waals surface area contributed by atoms with Gasteiger partial charge in [-0.1, -0.05) is 18.2 Å². The van der Waals surface area contributed by atoms with Crippen molar-refractivity contribution >= 4 is 27.8 Å². The van der Waals surface area contributed by atoms with Gasteiger partial charge in [-0.05, 0) is 42.0 Å². The Hall–Kier alpha value is -4.40. The summed E-state index contributed by atoms with van der Waals surface area (Å²) in [5.74, 6) is 1.29. The van der Waals surface area contributed by atoms with Gasteiger partial charge in [-0.3, -0.25) is 9.13 Å². The maximum absolute atomic E-state index is 12.2. The first-order chi connectivity index (χ1) is 16.4. The topological polar surface area (TPSA) is 106 Å². The van der Waals surface area contributed by atoms with Crippen LogP contribution in [0.5, 0.6) is 11.5 Å². The highest BCUT2D eigenvalue weighted by Gasteiger charge is 2.13. The highest BCUT2D eigenvalue weighted by molar-refractivity contribution is 5.79. The van der Waals surface area contributed by atoms with E-state index in [9.17, 15) is 9.59 Å². The summed E-state index contributed by atoms with van der Waals surface area (Å²) in [5.41, 5.74) is 5.67. The van der Waals surface area contributed by atoms with Crippen LogP contribution in [0.1, 0.15) is 11.1 Å². The summed E-state index contributed by atoms with van der Waals surface area (Å²) in [7, 11) is 5.14. The van der Waals surface area contributed by atoms with Gasteiger partial charge in [0.25, 0.3) is 0 Å². The minimum Gasteiger partial charge on any atom is -0.493 e. The Kier molecular flexibility index (Phi) is 5.37. The van der Waals surface area contributed by atoms with E-state index in [4.69, 9.17) is 9.47 Å². The lowest BCUT2D eigenvalue weighted by molar-refractivity contribution is 0.282. The van der Waals surface area contributed by atoms with Crippen LogP contribution < -0.4 is 26.2 Å². The Morgan fingerprint density at radius 3 is 2.53 bits per heavy atom. The van der Waals surface area contributed by atoms with Gasteiger partial charge in [0.2, 0.25) is 0 Å². The monoisotopic (exact) mass is 459 g/mol. The molecule has 5 aromatic rings. The highest BCUT2D eigenvalue weighted by Crippen LogP contribution is 2.32. The summed E-state index contributed by atoms with van der Waals surface area (Å²) >= 11 is 0. The van der Waals surface area contributed by atoms with Gasteiger partial charge >= 0.3 is 11.4 Å². The number of rotatable bonds is 7. The molecule has 0 atom stereocenters. The molecule has 0 saturated carbocycles. The molecule has 2 heterocycles. The first-order valence-electron chi connectivity index (χ1n) is 10.8. The van der Waals surface area contributed by atoms with E-state index in [2.05, 4.69) is 15.3 Å². The van der Waals surface area contributed by atoms with Crippen molar-refractivity contribution < 1.29 is 9.47 Å². The molecular weight excluding hydrogens is 434 g/mol. The van der Waals surface area contributed by atoms with Crippen LogP contribution in [-0.4, -0.2) is 26.2 Å². The SMILES string of the molecule is COc1cccc(CNc2ccc3[nH]c(=O)[nH]c3c2)c1OCc1ccc2c(c1)n(C)c(=O)n2C. The van der Waals surface area contributed by atoms with E-state index in [1.807, 2.05) is 54.6 Å². The Labute approximate surface area is 194 Å². The molecule has 0 aliphatic carbocycles. The van der Waals surface area contributed by atoms with Gasteiger partial charge in [0, 0.05) is 31.9 Å². The van der Waals surface area contributed by atoms with Crippen molar-refractivity contribution in [2.75, 3.05) is 12.4 Å². The molecule has 5 rings (SSSR count). The van der Waals surface area contributed by atoms with Crippen LogP contribution in [0, 0.1) is 0 Å². The maximum atomic E-state index is 12.2. The number of methoxy groups -OCH3 is 1. The molecule has 0 fully saturated rings. The number of imidazole rings is 2. The number of hydrogen-bond donors (Lipinski definition) is 3. The Morgan fingerprint density at radius 2 is 1.71 bits per heavy atom. The summed E-state index contributed by atoms with van der Waals surface area (Å²) < 4.78 is 15.0. The largest absolute Gasteiger partial charge is 0.493 e. The third kappa shape index (κ3) is 3.81. The lowest BCUT2D eigenvalue weighted by Crippen LogP contribution is -2.19. The molecule has 3 N–H and O–H groups in total. The van der Waals surface area contributed by atoms with Crippen LogP contribution in [0.15, 0.2) is 64.2 Å². The van der Waals surface area contributed by atoms with Gasteiger partial charge in [-0.15, -0.1) is 0 Å². The summed E-state index contributed by atoms with van der Waals surface area (Å²) in [6.07, 6.45) is 0. The molecule has 0 spiro atoms. The number of para-hydroxylation sites is 1. The first kappa shape index (κ1) is 21.4. The van der Waals surface area contributed by atoms with Gasteiger partial charge in [-0.2, -0.15) is 0 Å². The molecule has 0 saturated heterocycles. The van der Waals surface area contributed by atoms with E-state index in [0.29, 0.717) is 24.7 Å². The van der Waals surface area contributed by atoms with Gasteiger partial charge in [0.15, 0.2) is 11.5 Å². The summed E-state index contributed by atoms with van der Waals surface area (Å²) in [6, 6.07) is 17.3. The standard InChI is InChI=1S/C25H25N5O4/c1-29-20-10-7-15(11-21(20)30(2)25(29)32)14-34-23-16(5-4-6-22(23)33-3)13-26-17-8-9-18-19(12-17)28-24(31)27-18/h4-12,26H,13-14H2,1-3H3,(H2,27,28,31). The third-order valence-corrected chi connectivity index (χ3v) is 6.00. The quantitative estimate of drug-likeness (QED) is 0.347. The van der Waals surface area contributed by atoms with Crippen molar-refractivity contribution in [3.63, 3.8) is 0 Å². The molecule has 0 unspecified atom stereocenters. The number of hydrogen-bond acceptors (Lipinski definition) is 5. The fraction of sp³-hybridized carbons (Fsp3) is 0.200. The molecule has 2 aromatic heterocycles. The van der Waals surface area contributed by atoms with E-state index in [1.54, 1.807) is 30.3 Å². The first-order valence-corrected chi connectivity index (χ1v) is 10.8. The average Bonchev–Trinajstić information content (AvgIpc) is 3.32. The molecule has 3 aromatic carbocycles. The number of aryl methyl sites for hydroxylation is 2. The molecule has 174 valence electrons. The van der Waals surface area contributed by atoms with Crippen LogP contribution in [0.4, 0.5) is 5.69 Å². The van der Waals surface area contributed by atoms with E-state index in [0.717, 1.165) is 38.9 Å². The van der Waals surface area contributed by atoms with Gasteiger partial charge in [0.1, 0.15) is 6.61 Å². The predicted molar refractivity (Wildman–Crippen MR) is 132 cm³/mol. The van der Waals surface area contributed by atoms with Crippen molar-refractivity contribution in [1.82, 2.24) is 19.1 Å². The maximum Gasteiger partial charge on any atom is 0.328 e. The Bertz CT molecular complexity index is 1620. The lowest BCUT2D eigenvalue weighted by Gasteiger charge is -2.16. The Morgan fingerprint density at radius 1 is 0.912 bits per heavy atom. The molecular formula is C25H25N5O4. The number of fused-ring (bicyclic) bond motifs is 2. The molecule has 0 aliphatic heterocycles. The van der Waals surface area contributed by atoms with Crippen LogP contribution in [-0.2, 0) is 27.2 Å². The molecule has 0 radical (unpaired) electrons.